The highest BCUT2D eigenvalue weighted by molar-refractivity contribution is 7.47. The first kappa shape index (κ1) is 48.0. The first-order chi connectivity index (χ1) is 23.5. The van der Waals surface area contributed by atoms with Crippen LogP contribution in [0.2, 0.25) is 0 Å². The largest absolute Gasteiger partial charge is 0.472 e. The van der Waals surface area contributed by atoms with Crippen molar-refractivity contribution < 1.29 is 42.1 Å². The Balaban J connectivity index is 4.34. The van der Waals surface area contributed by atoms with Crippen LogP contribution in [0.15, 0.2) is 0 Å². The quantitative estimate of drug-likeness (QED) is 0.0292. The number of phosphoric acid groups is 1. The Bertz CT molecular complexity index is 819. The summed E-state index contributed by atoms with van der Waals surface area (Å²) in [6.45, 7) is 4.42. The van der Waals surface area contributed by atoms with Crippen molar-refractivity contribution in [3.8, 4) is 0 Å². The molecule has 0 saturated carbocycles. The second-order valence-electron chi connectivity index (χ2n) is 15.0. The fourth-order valence-corrected chi connectivity index (χ4v) is 6.40. The van der Waals surface area contributed by atoms with Crippen LogP contribution in [0.1, 0.15) is 187 Å². The molecule has 0 aliphatic rings. The molecule has 1 unspecified atom stereocenters. The summed E-state index contributed by atoms with van der Waals surface area (Å²) in [6.07, 6.45) is 30.0. The summed E-state index contributed by atoms with van der Waals surface area (Å²) in [7, 11) is 1.49. The SMILES string of the molecule is CCCCCCCCCCCCCCCCCC(=O)OC[C@@H](COP(=O)(O)OCC[N+](C)(C)C)OC(=O)CCCCCCCCCCCC. The van der Waals surface area contributed by atoms with E-state index < -0.39 is 26.5 Å². The maximum absolute atomic E-state index is 12.6. The molecule has 0 rings (SSSR count). The van der Waals surface area contributed by atoms with Gasteiger partial charge in [0.2, 0.25) is 0 Å². The smallest absolute Gasteiger partial charge is 0.462 e. The zero-order chi connectivity index (χ0) is 36.5. The number of phosphoric ester groups is 1. The van der Waals surface area contributed by atoms with Gasteiger partial charge in [-0.3, -0.25) is 18.6 Å². The van der Waals surface area contributed by atoms with Gasteiger partial charge in [-0.05, 0) is 12.8 Å². The fraction of sp³-hybridized carbons (Fsp3) is 0.949. The minimum Gasteiger partial charge on any atom is -0.462 e. The molecule has 1 N–H and O–H groups in total. The predicted octanol–water partition coefficient (Wildman–Crippen LogP) is 10.9. The molecule has 0 amide bonds. The molecule has 0 spiro atoms. The summed E-state index contributed by atoms with van der Waals surface area (Å²) in [4.78, 5) is 35.2. The van der Waals surface area contributed by atoms with Crippen molar-refractivity contribution in [1.82, 2.24) is 0 Å². The minimum absolute atomic E-state index is 0.0364. The molecule has 0 saturated heterocycles. The molecule has 10 heteroatoms. The molecule has 0 aromatic rings. The van der Waals surface area contributed by atoms with Crippen LogP contribution in [0.25, 0.3) is 0 Å². The van der Waals surface area contributed by atoms with Crippen LogP contribution >= 0.6 is 7.82 Å². The van der Waals surface area contributed by atoms with Crippen LogP contribution in [0, 0.1) is 0 Å². The summed E-state index contributed by atoms with van der Waals surface area (Å²) >= 11 is 0. The minimum atomic E-state index is -4.36. The summed E-state index contributed by atoms with van der Waals surface area (Å²) in [5.41, 5.74) is 0. The number of ether oxygens (including phenoxy) is 2. The Morgan fingerprint density at radius 3 is 1.31 bits per heavy atom. The lowest BCUT2D eigenvalue weighted by Crippen LogP contribution is -2.37. The molecule has 0 aromatic heterocycles. The Morgan fingerprint density at radius 2 is 0.918 bits per heavy atom. The molecule has 0 aliphatic heterocycles. The van der Waals surface area contributed by atoms with Crippen molar-refractivity contribution in [2.75, 3.05) is 47.5 Å². The Morgan fingerprint density at radius 1 is 0.551 bits per heavy atom. The molecular formula is C39H79NO8P+. The van der Waals surface area contributed by atoms with Gasteiger partial charge in [-0.2, -0.15) is 0 Å². The predicted molar refractivity (Wildman–Crippen MR) is 201 cm³/mol. The van der Waals surface area contributed by atoms with E-state index in [2.05, 4.69) is 13.8 Å². The fourth-order valence-electron chi connectivity index (χ4n) is 5.66. The Labute approximate surface area is 302 Å². The van der Waals surface area contributed by atoms with Crippen molar-refractivity contribution in [3.05, 3.63) is 0 Å². The second-order valence-corrected chi connectivity index (χ2v) is 16.5. The molecule has 9 nitrogen and oxygen atoms in total. The van der Waals surface area contributed by atoms with E-state index in [0.717, 1.165) is 32.1 Å². The van der Waals surface area contributed by atoms with Gasteiger partial charge in [0.25, 0.3) is 0 Å². The zero-order valence-electron chi connectivity index (χ0n) is 32.7. The van der Waals surface area contributed by atoms with Gasteiger partial charge in [0.05, 0.1) is 27.7 Å². The third-order valence-corrected chi connectivity index (χ3v) is 9.87. The van der Waals surface area contributed by atoms with Crippen LogP contribution in [0.4, 0.5) is 0 Å². The van der Waals surface area contributed by atoms with Crippen LogP contribution in [0.3, 0.4) is 0 Å². The van der Waals surface area contributed by atoms with E-state index in [9.17, 15) is 19.0 Å². The van der Waals surface area contributed by atoms with E-state index in [-0.39, 0.29) is 25.6 Å². The zero-order valence-corrected chi connectivity index (χ0v) is 33.6. The lowest BCUT2D eigenvalue weighted by Gasteiger charge is -2.24. The topological polar surface area (TPSA) is 108 Å². The van der Waals surface area contributed by atoms with E-state index in [1.54, 1.807) is 0 Å². The van der Waals surface area contributed by atoms with Gasteiger partial charge in [-0.1, -0.05) is 162 Å². The number of esters is 2. The normalized spacial score (nSPS) is 13.7. The van der Waals surface area contributed by atoms with Crippen LogP contribution < -0.4 is 0 Å². The summed E-state index contributed by atoms with van der Waals surface area (Å²) in [5.74, 6) is -0.790. The standard InChI is InChI=1S/C39H78NO8P/c1-6-8-10-12-14-16-18-19-20-21-22-24-25-27-29-31-38(41)45-35-37(36-47-49(43,44)46-34-33-40(3,4)5)48-39(42)32-30-28-26-23-17-15-13-11-9-7-2/h37H,6-36H2,1-5H3/p+1/t37-/m0/s1. The summed E-state index contributed by atoms with van der Waals surface area (Å²) in [5, 5.41) is 0. The van der Waals surface area contributed by atoms with Crippen molar-refractivity contribution in [2.45, 2.75) is 193 Å². The molecular weight excluding hydrogens is 641 g/mol. The number of carbonyl (C=O) groups excluding carboxylic acids is 2. The number of carbonyl (C=O) groups is 2. The number of likely N-dealkylation sites (N-methyl/N-ethyl adjacent to an activating group) is 1. The Hall–Kier alpha value is -0.990. The van der Waals surface area contributed by atoms with Crippen molar-refractivity contribution in [2.24, 2.45) is 0 Å². The summed E-state index contributed by atoms with van der Waals surface area (Å²) < 4.78 is 34.2. The van der Waals surface area contributed by atoms with Crippen molar-refractivity contribution >= 4 is 19.8 Å². The number of nitrogens with zero attached hydrogens (tertiary/aromatic N) is 1. The molecule has 0 heterocycles. The molecule has 0 bridgehead atoms. The number of hydrogen-bond acceptors (Lipinski definition) is 7. The molecule has 0 aromatic carbocycles. The van der Waals surface area contributed by atoms with Crippen LogP contribution in [0.5, 0.6) is 0 Å². The molecule has 2 atom stereocenters. The van der Waals surface area contributed by atoms with Gasteiger partial charge in [0.1, 0.15) is 19.8 Å². The van der Waals surface area contributed by atoms with E-state index in [1.165, 1.54) is 122 Å². The second kappa shape index (κ2) is 32.9. The molecule has 0 radical (unpaired) electrons. The maximum atomic E-state index is 12.6. The van der Waals surface area contributed by atoms with Gasteiger partial charge >= 0.3 is 19.8 Å². The van der Waals surface area contributed by atoms with Gasteiger partial charge in [0, 0.05) is 12.8 Å². The van der Waals surface area contributed by atoms with Gasteiger partial charge in [-0.15, -0.1) is 0 Å². The van der Waals surface area contributed by atoms with Crippen LogP contribution in [-0.4, -0.2) is 74.9 Å². The lowest BCUT2D eigenvalue weighted by atomic mass is 10.0. The van der Waals surface area contributed by atoms with E-state index in [4.69, 9.17) is 18.5 Å². The highest BCUT2D eigenvalue weighted by Crippen LogP contribution is 2.43. The van der Waals surface area contributed by atoms with Crippen LogP contribution in [-0.2, 0) is 32.7 Å². The van der Waals surface area contributed by atoms with E-state index >= 15 is 0 Å². The monoisotopic (exact) mass is 721 g/mol. The highest BCUT2D eigenvalue weighted by Gasteiger charge is 2.27. The van der Waals surface area contributed by atoms with Crippen molar-refractivity contribution in [3.63, 3.8) is 0 Å². The molecule has 0 aliphatic carbocycles. The van der Waals surface area contributed by atoms with Gasteiger partial charge < -0.3 is 18.9 Å². The first-order valence-corrected chi connectivity index (χ1v) is 21.8. The molecule has 292 valence electrons. The van der Waals surface area contributed by atoms with Gasteiger partial charge in [0.15, 0.2) is 6.10 Å². The lowest BCUT2D eigenvalue weighted by molar-refractivity contribution is -0.870. The third kappa shape index (κ3) is 36.6. The van der Waals surface area contributed by atoms with E-state index in [1.807, 2.05) is 21.1 Å². The number of hydrogen-bond donors (Lipinski definition) is 1. The van der Waals surface area contributed by atoms with E-state index in [0.29, 0.717) is 23.9 Å². The highest BCUT2D eigenvalue weighted by atomic mass is 31.2. The average molecular weight is 721 g/mol. The average Bonchev–Trinajstić information content (AvgIpc) is 3.04. The molecule has 0 fully saturated rings. The maximum Gasteiger partial charge on any atom is 0.472 e. The number of unbranched alkanes of at least 4 members (excludes halogenated alkanes) is 23. The summed E-state index contributed by atoms with van der Waals surface area (Å²) in [6, 6.07) is 0. The van der Waals surface area contributed by atoms with Gasteiger partial charge in [-0.25, -0.2) is 4.57 Å². The van der Waals surface area contributed by atoms with Crippen molar-refractivity contribution in [1.29, 1.82) is 0 Å². The first-order valence-electron chi connectivity index (χ1n) is 20.3. The number of quaternary nitrogens is 1. The third-order valence-electron chi connectivity index (χ3n) is 8.89. The number of rotatable bonds is 37. The Kier molecular flexibility index (Phi) is 32.2. The molecule has 49 heavy (non-hydrogen) atoms.